The van der Waals surface area contributed by atoms with Gasteiger partial charge in [-0.2, -0.15) is 0 Å². The molecule has 3 rings (SSSR count). The average molecular weight is 413 g/mol. The number of amides is 1. The van der Waals surface area contributed by atoms with Crippen LogP contribution in [0.5, 0.6) is 0 Å². The number of benzene rings is 1. The number of carbonyl (C=O) groups excluding carboxylic acids is 1. The van der Waals surface area contributed by atoms with Crippen LogP contribution in [0.2, 0.25) is 4.34 Å². The minimum Gasteiger partial charge on any atom is -0.346 e. The maximum atomic E-state index is 12.0. The average Bonchev–Trinajstić information content (AvgIpc) is 3.12. The van der Waals surface area contributed by atoms with E-state index >= 15 is 0 Å². The van der Waals surface area contributed by atoms with E-state index in [1.807, 2.05) is 24.3 Å². The van der Waals surface area contributed by atoms with Gasteiger partial charge in [-0.1, -0.05) is 27.5 Å². The Kier molecular flexibility index (Phi) is 4.70. The second kappa shape index (κ2) is 6.74. The molecule has 0 atom stereocenters. The molecule has 2 aromatic heterocycles. The molecule has 2 N–H and O–H groups in total. The molecule has 0 aliphatic carbocycles. The zero-order valence-corrected chi connectivity index (χ0v) is 14.8. The van der Waals surface area contributed by atoms with Gasteiger partial charge in [-0.3, -0.25) is 14.7 Å². The van der Waals surface area contributed by atoms with Gasteiger partial charge in [0.05, 0.1) is 27.1 Å². The van der Waals surface area contributed by atoms with E-state index < -0.39 is 0 Å². The summed E-state index contributed by atoms with van der Waals surface area (Å²) in [5.41, 5.74) is 1.16. The third-order valence-corrected chi connectivity index (χ3v) is 4.85. The van der Waals surface area contributed by atoms with Gasteiger partial charge < -0.3 is 5.32 Å². The highest BCUT2D eigenvalue weighted by molar-refractivity contribution is 9.10. The van der Waals surface area contributed by atoms with Gasteiger partial charge >= 0.3 is 0 Å². The fraction of sp³-hybridized carbons (Fsp3) is 0.0667. The van der Waals surface area contributed by atoms with Crippen molar-refractivity contribution in [2.75, 3.05) is 0 Å². The number of H-pyrrole nitrogens is 1. The third-order valence-electron chi connectivity index (χ3n) is 3.09. The smallest absolute Gasteiger partial charge is 0.271 e. The van der Waals surface area contributed by atoms with Crippen LogP contribution >= 0.6 is 38.9 Å². The highest BCUT2D eigenvalue weighted by Crippen LogP contribution is 2.21. The van der Waals surface area contributed by atoms with Crippen molar-refractivity contribution < 1.29 is 4.79 Å². The first kappa shape index (κ1) is 16.0. The molecule has 0 aliphatic rings. The van der Waals surface area contributed by atoms with Crippen LogP contribution in [0.25, 0.3) is 5.69 Å². The molecule has 0 fully saturated rings. The molecule has 0 bridgehead atoms. The number of hydrogen-bond acceptors (Lipinski definition) is 3. The van der Waals surface area contributed by atoms with E-state index in [1.54, 1.807) is 12.1 Å². The van der Waals surface area contributed by atoms with Gasteiger partial charge in [0.25, 0.3) is 11.5 Å². The van der Waals surface area contributed by atoms with Crippen LogP contribution in [0, 0.1) is 0 Å². The molecule has 8 heteroatoms. The Morgan fingerprint density at radius 1 is 1.26 bits per heavy atom. The lowest BCUT2D eigenvalue weighted by molar-refractivity contribution is 0.0954. The highest BCUT2D eigenvalue weighted by Gasteiger charge is 2.10. The summed E-state index contributed by atoms with van der Waals surface area (Å²) < 4.78 is 2.92. The van der Waals surface area contributed by atoms with E-state index in [4.69, 9.17) is 11.6 Å². The summed E-state index contributed by atoms with van der Waals surface area (Å²) in [4.78, 5) is 24.5. The lowest BCUT2D eigenvalue weighted by Gasteiger charge is -2.03. The molecule has 0 aliphatic heterocycles. The summed E-state index contributed by atoms with van der Waals surface area (Å²) in [6.07, 6.45) is 0. The zero-order chi connectivity index (χ0) is 16.4. The largest absolute Gasteiger partial charge is 0.346 e. The normalized spacial score (nSPS) is 10.7. The second-order valence-corrected chi connectivity index (χ2v) is 7.35. The van der Waals surface area contributed by atoms with Crippen molar-refractivity contribution in [2.45, 2.75) is 6.54 Å². The predicted octanol–water partition coefficient (Wildman–Crippen LogP) is 3.57. The summed E-state index contributed by atoms with van der Waals surface area (Å²) >= 11 is 10.4. The predicted molar refractivity (Wildman–Crippen MR) is 94.6 cm³/mol. The molecule has 3 aromatic rings. The quantitative estimate of drug-likeness (QED) is 0.688. The van der Waals surface area contributed by atoms with Crippen molar-refractivity contribution in [3.05, 3.63) is 72.2 Å². The maximum absolute atomic E-state index is 12.0. The summed E-state index contributed by atoms with van der Waals surface area (Å²) in [6.45, 7) is 0.229. The number of nitrogens with one attached hydrogen (secondary N) is 2. The standard InChI is InChI=1S/C15H11BrClN3O2S/c16-9-1-3-11(4-2-9)20-14(21)7-10(19-20)8-18-15(22)12-5-6-13(17)23-12/h1-7,19H,8H2,(H,18,22). The van der Waals surface area contributed by atoms with Crippen LogP contribution in [0.1, 0.15) is 15.4 Å². The minimum absolute atomic E-state index is 0.185. The molecular weight excluding hydrogens is 402 g/mol. The Morgan fingerprint density at radius 3 is 2.65 bits per heavy atom. The van der Waals surface area contributed by atoms with Gasteiger partial charge in [0, 0.05) is 10.5 Å². The van der Waals surface area contributed by atoms with E-state index in [0.29, 0.717) is 14.9 Å². The van der Waals surface area contributed by atoms with Gasteiger partial charge in [-0.25, -0.2) is 4.68 Å². The number of nitrogens with zero attached hydrogens (tertiary/aromatic N) is 1. The number of thiophene rings is 1. The number of aromatic amines is 1. The van der Waals surface area contributed by atoms with Crippen LogP contribution in [-0.4, -0.2) is 15.7 Å². The van der Waals surface area contributed by atoms with Crippen molar-refractivity contribution >= 4 is 44.8 Å². The van der Waals surface area contributed by atoms with E-state index in [2.05, 4.69) is 26.3 Å². The Hall–Kier alpha value is -1.83. The molecule has 2 heterocycles. The summed E-state index contributed by atoms with van der Waals surface area (Å²) in [7, 11) is 0. The van der Waals surface area contributed by atoms with Crippen LogP contribution in [0.15, 0.2) is 51.7 Å². The number of halogens is 2. The zero-order valence-electron chi connectivity index (χ0n) is 11.7. The number of rotatable bonds is 4. The Bertz CT molecular complexity index is 898. The Morgan fingerprint density at radius 2 is 2.00 bits per heavy atom. The molecule has 23 heavy (non-hydrogen) atoms. The van der Waals surface area contributed by atoms with Crippen LogP contribution in [0.3, 0.4) is 0 Å². The summed E-state index contributed by atoms with van der Waals surface area (Å²) in [6, 6.07) is 12.1. The lowest BCUT2D eigenvalue weighted by atomic mass is 10.3. The second-order valence-electron chi connectivity index (χ2n) is 4.72. The van der Waals surface area contributed by atoms with Gasteiger partial charge in [-0.05, 0) is 36.4 Å². The fourth-order valence-corrected chi connectivity index (χ4v) is 3.24. The summed E-state index contributed by atoms with van der Waals surface area (Å²) in [5, 5.41) is 5.73. The van der Waals surface area contributed by atoms with Gasteiger partial charge in [0.1, 0.15) is 0 Å². The molecule has 118 valence electrons. The molecule has 5 nitrogen and oxygen atoms in total. The Labute approximate surface area is 149 Å². The maximum Gasteiger partial charge on any atom is 0.271 e. The van der Waals surface area contributed by atoms with E-state index in [9.17, 15) is 9.59 Å². The topological polar surface area (TPSA) is 66.9 Å². The number of carbonyl (C=O) groups is 1. The summed E-state index contributed by atoms with van der Waals surface area (Å²) in [5.74, 6) is -0.223. The molecule has 1 amide bonds. The van der Waals surface area contributed by atoms with Crippen molar-refractivity contribution in [3.8, 4) is 5.69 Å². The fourth-order valence-electron chi connectivity index (χ4n) is 2.02. The molecule has 0 spiro atoms. The van der Waals surface area contributed by atoms with Crippen LogP contribution in [0.4, 0.5) is 0 Å². The van der Waals surface area contributed by atoms with Crippen molar-refractivity contribution in [1.82, 2.24) is 15.1 Å². The molecular formula is C15H11BrClN3O2S. The Balaban J connectivity index is 1.72. The third kappa shape index (κ3) is 3.74. The molecule has 0 unspecified atom stereocenters. The van der Waals surface area contributed by atoms with Crippen molar-refractivity contribution in [1.29, 1.82) is 0 Å². The lowest BCUT2D eigenvalue weighted by Crippen LogP contribution is -2.22. The first-order valence-corrected chi connectivity index (χ1v) is 8.62. The van der Waals surface area contributed by atoms with E-state index in [1.165, 1.54) is 22.1 Å². The molecule has 0 radical (unpaired) electrons. The first-order valence-electron chi connectivity index (χ1n) is 6.63. The number of aromatic nitrogens is 2. The molecule has 0 saturated carbocycles. The van der Waals surface area contributed by atoms with Crippen molar-refractivity contribution in [2.24, 2.45) is 0 Å². The molecule has 0 saturated heterocycles. The SMILES string of the molecule is O=C(NCc1cc(=O)n(-c2ccc(Br)cc2)[nH]1)c1ccc(Cl)s1. The van der Waals surface area contributed by atoms with Gasteiger partial charge in [0.15, 0.2) is 0 Å². The van der Waals surface area contributed by atoms with E-state index in [0.717, 1.165) is 10.2 Å². The van der Waals surface area contributed by atoms with Crippen molar-refractivity contribution in [3.63, 3.8) is 0 Å². The van der Waals surface area contributed by atoms with Crippen LogP contribution in [-0.2, 0) is 6.54 Å². The minimum atomic E-state index is -0.223. The number of hydrogen-bond donors (Lipinski definition) is 2. The van der Waals surface area contributed by atoms with E-state index in [-0.39, 0.29) is 18.0 Å². The monoisotopic (exact) mass is 411 g/mol. The first-order chi connectivity index (χ1) is 11.0. The van der Waals surface area contributed by atoms with Gasteiger partial charge in [-0.15, -0.1) is 11.3 Å². The highest BCUT2D eigenvalue weighted by atomic mass is 79.9. The van der Waals surface area contributed by atoms with Gasteiger partial charge in [0.2, 0.25) is 0 Å². The molecule has 1 aromatic carbocycles. The van der Waals surface area contributed by atoms with Crippen LogP contribution < -0.4 is 10.9 Å².